The number of likely N-dealkylation sites (tertiary alicyclic amines) is 1. The van der Waals surface area contributed by atoms with Gasteiger partial charge in [0.1, 0.15) is 6.04 Å². The summed E-state index contributed by atoms with van der Waals surface area (Å²) in [6.07, 6.45) is 1.63. The van der Waals surface area contributed by atoms with E-state index in [-0.39, 0.29) is 6.04 Å². The maximum Gasteiger partial charge on any atom is 0.320 e. The van der Waals surface area contributed by atoms with Crippen molar-refractivity contribution in [1.82, 2.24) is 4.90 Å². The fourth-order valence-corrected chi connectivity index (χ4v) is 2.79. The van der Waals surface area contributed by atoms with Crippen LogP contribution in [0.3, 0.4) is 0 Å². The van der Waals surface area contributed by atoms with Gasteiger partial charge in [-0.25, -0.2) is 0 Å². The molecule has 0 spiro atoms. The summed E-state index contributed by atoms with van der Waals surface area (Å²) in [6.45, 7) is 2.80. The number of carboxylic acids is 1. The molecule has 1 fully saturated rings. The summed E-state index contributed by atoms with van der Waals surface area (Å²) in [6, 6.07) is 5.10. The zero-order valence-electron chi connectivity index (χ0n) is 10.1. The van der Waals surface area contributed by atoms with Gasteiger partial charge in [-0.15, -0.1) is 0 Å². The van der Waals surface area contributed by atoms with Crippen molar-refractivity contribution in [1.29, 1.82) is 0 Å². The third-order valence-corrected chi connectivity index (χ3v) is 4.24. The summed E-state index contributed by atoms with van der Waals surface area (Å²) in [4.78, 5) is 13.2. The van der Waals surface area contributed by atoms with E-state index in [1.165, 1.54) is 0 Å². The van der Waals surface area contributed by atoms with Crippen LogP contribution in [0.2, 0.25) is 10.0 Å². The minimum absolute atomic E-state index is 0.0309. The molecule has 0 bridgehead atoms. The van der Waals surface area contributed by atoms with Gasteiger partial charge in [-0.3, -0.25) is 9.69 Å². The number of halogens is 2. The SMILES string of the molecule is CC(c1ccc(Cl)c(Cl)c1)N1CCCC1C(=O)O. The van der Waals surface area contributed by atoms with Crippen molar-refractivity contribution in [2.24, 2.45) is 0 Å². The molecule has 98 valence electrons. The molecule has 1 saturated heterocycles. The number of hydrogen-bond acceptors (Lipinski definition) is 2. The fraction of sp³-hybridized carbons (Fsp3) is 0.462. The van der Waals surface area contributed by atoms with Gasteiger partial charge in [0.05, 0.1) is 10.0 Å². The highest BCUT2D eigenvalue weighted by Gasteiger charge is 2.34. The van der Waals surface area contributed by atoms with Crippen molar-refractivity contribution in [3.05, 3.63) is 33.8 Å². The first-order chi connectivity index (χ1) is 8.50. The monoisotopic (exact) mass is 287 g/mol. The maximum atomic E-state index is 11.2. The number of carboxylic acid groups (broad SMARTS) is 1. The van der Waals surface area contributed by atoms with Crippen LogP contribution in [0, 0.1) is 0 Å². The molecule has 1 aliphatic rings. The lowest BCUT2D eigenvalue weighted by atomic mass is 10.1. The summed E-state index contributed by atoms with van der Waals surface area (Å²) < 4.78 is 0. The van der Waals surface area contributed by atoms with Crippen LogP contribution in [-0.2, 0) is 4.79 Å². The van der Waals surface area contributed by atoms with E-state index in [1.54, 1.807) is 6.07 Å². The molecule has 2 unspecified atom stereocenters. The third-order valence-electron chi connectivity index (χ3n) is 3.50. The van der Waals surface area contributed by atoms with Crippen molar-refractivity contribution >= 4 is 29.2 Å². The van der Waals surface area contributed by atoms with Gasteiger partial charge in [0.15, 0.2) is 0 Å². The molecule has 1 aliphatic heterocycles. The van der Waals surface area contributed by atoms with E-state index in [1.807, 2.05) is 24.0 Å². The molecule has 1 heterocycles. The van der Waals surface area contributed by atoms with Crippen LogP contribution in [0.15, 0.2) is 18.2 Å². The van der Waals surface area contributed by atoms with Crippen molar-refractivity contribution in [2.45, 2.75) is 31.8 Å². The quantitative estimate of drug-likeness (QED) is 0.923. The largest absolute Gasteiger partial charge is 0.480 e. The minimum Gasteiger partial charge on any atom is -0.480 e. The van der Waals surface area contributed by atoms with Crippen LogP contribution in [-0.4, -0.2) is 28.6 Å². The first-order valence-electron chi connectivity index (χ1n) is 5.94. The van der Waals surface area contributed by atoms with E-state index >= 15 is 0 Å². The minimum atomic E-state index is -0.751. The van der Waals surface area contributed by atoms with Gasteiger partial charge in [-0.2, -0.15) is 0 Å². The highest BCUT2D eigenvalue weighted by atomic mass is 35.5. The molecule has 0 saturated carbocycles. The predicted octanol–water partition coefficient (Wildman–Crippen LogP) is 3.60. The van der Waals surface area contributed by atoms with Gasteiger partial charge in [-0.1, -0.05) is 29.3 Å². The average Bonchev–Trinajstić information content (AvgIpc) is 2.81. The van der Waals surface area contributed by atoms with E-state index in [0.717, 1.165) is 18.5 Å². The summed E-state index contributed by atoms with van der Waals surface area (Å²) in [5, 5.41) is 10.2. The molecule has 18 heavy (non-hydrogen) atoms. The zero-order chi connectivity index (χ0) is 13.3. The normalized spacial score (nSPS) is 22.1. The molecule has 0 aliphatic carbocycles. The number of carbonyl (C=O) groups is 1. The Morgan fingerprint density at radius 2 is 2.17 bits per heavy atom. The van der Waals surface area contributed by atoms with Crippen molar-refractivity contribution in [3.8, 4) is 0 Å². The van der Waals surface area contributed by atoms with Crippen LogP contribution < -0.4 is 0 Å². The lowest BCUT2D eigenvalue weighted by Gasteiger charge is -2.28. The Kier molecular flexibility index (Phi) is 4.15. The number of benzene rings is 1. The second-order valence-corrected chi connectivity index (χ2v) is 5.40. The van der Waals surface area contributed by atoms with E-state index in [2.05, 4.69) is 0 Å². The number of aliphatic carboxylic acids is 1. The van der Waals surface area contributed by atoms with E-state index in [4.69, 9.17) is 23.2 Å². The molecule has 0 radical (unpaired) electrons. The van der Waals surface area contributed by atoms with Crippen molar-refractivity contribution < 1.29 is 9.90 Å². The standard InChI is InChI=1S/C13H15Cl2NO2/c1-8(9-4-5-10(14)11(15)7-9)16-6-2-3-12(16)13(17)18/h4-5,7-8,12H,2-3,6H2,1H3,(H,17,18). The van der Waals surface area contributed by atoms with Crippen LogP contribution in [0.25, 0.3) is 0 Å². The second-order valence-electron chi connectivity index (χ2n) is 4.58. The fourth-order valence-electron chi connectivity index (χ4n) is 2.48. The highest BCUT2D eigenvalue weighted by Crippen LogP contribution is 2.32. The van der Waals surface area contributed by atoms with E-state index in [9.17, 15) is 9.90 Å². The summed E-state index contributed by atoms with van der Waals surface area (Å²) in [5.74, 6) is -0.751. The Morgan fingerprint density at radius 3 is 2.78 bits per heavy atom. The van der Waals surface area contributed by atoms with Crippen LogP contribution in [0.5, 0.6) is 0 Å². The van der Waals surface area contributed by atoms with Gasteiger partial charge in [0.2, 0.25) is 0 Å². The zero-order valence-corrected chi connectivity index (χ0v) is 11.6. The van der Waals surface area contributed by atoms with Gasteiger partial charge >= 0.3 is 5.97 Å². The van der Waals surface area contributed by atoms with Gasteiger partial charge in [0, 0.05) is 6.04 Å². The smallest absolute Gasteiger partial charge is 0.320 e. The molecule has 1 aromatic rings. The summed E-state index contributed by atoms with van der Waals surface area (Å²) >= 11 is 11.9. The molecule has 5 heteroatoms. The van der Waals surface area contributed by atoms with Crippen LogP contribution in [0.4, 0.5) is 0 Å². The Hall–Kier alpha value is -0.770. The second kappa shape index (κ2) is 5.47. The molecule has 1 aromatic carbocycles. The third kappa shape index (κ3) is 2.63. The Morgan fingerprint density at radius 1 is 1.44 bits per heavy atom. The molecule has 2 atom stereocenters. The first kappa shape index (κ1) is 13.7. The molecule has 0 aromatic heterocycles. The van der Waals surface area contributed by atoms with E-state index < -0.39 is 12.0 Å². The van der Waals surface area contributed by atoms with Crippen molar-refractivity contribution in [2.75, 3.05) is 6.54 Å². The molecule has 1 N–H and O–H groups in total. The lowest BCUT2D eigenvalue weighted by Crippen LogP contribution is -2.37. The lowest BCUT2D eigenvalue weighted by molar-refractivity contribution is -0.142. The molecule has 0 amide bonds. The summed E-state index contributed by atoms with van der Waals surface area (Å²) in [7, 11) is 0. The number of hydrogen-bond donors (Lipinski definition) is 1. The van der Waals surface area contributed by atoms with Gasteiger partial charge < -0.3 is 5.11 Å². The van der Waals surface area contributed by atoms with Crippen LogP contribution in [0.1, 0.15) is 31.4 Å². The molecule has 2 rings (SSSR count). The van der Waals surface area contributed by atoms with Crippen molar-refractivity contribution in [3.63, 3.8) is 0 Å². The van der Waals surface area contributed by atoms with Gasteiger partial charge in [-0.05, 0) is 44.0 Å². The first-order valence-corrected chi connectivity index (χ1v) is 6.70. The highest BCUT2D eigenvalue weighted by molar-refractivity contribution is 6.42. The van der Waals surface area contributed by atoms with Gasteiger partial charge in [0.25, 0.3) is 0 Å². The van der Waals surface area contributed by atoms with Crippen LogP contribution >= 0.6 is 23.2 Å². The Balaban J connectivity index is 2.22. The summed E-state index contributed by atoms with van der Waals surface area (Å²) in [5.41, 5.74) is 0.998. The Bertz CT molecular complexity index is 464. The molecular weight excluding hydrogens is 273 g/mol. The Labute approximate surface area is 116 Å². The predicted molar refractivity (Wildman–Crippen MR) is 72.2 cm³/mol. The molecule has 3 nitrogen and oxygen atoms in total. The molecular formula is C13H15Cl2NO2. The topological polar surface area (TPSA) is 40.5 Å². The van der Waals surface area contributed by atoms with E-state index in [0.29, 0.717) is 16.5 Å². The number of rotatable bonds is 3. The maximum absolute atomic E-state index is 11.2. The number of nitrogens with zero attached hydrogens (tertiary/aromatic N) is 1. The average molecular weight is 288 g/mol.